The van der Waals surface area contributed by atoms with Gasteiger partial charge in [-0.3, -0.25) is 0 Å². The van der Waals surface area contributed by atoms with Crippen molar-refractivity contribution in [2.45, 2.75) is 77.2 Å². The molecule has 0 aromatic rings. The minimum Gasteiger partial charge on any atom is -0.375 e. The molecule has 3 fully saturated rings. The normalized spacial score (nSPS) is 35.9. The summed E-state index contributed by atoms with van der Waals surface area (Å²) in [7, 11) is 0. The van der Waals surface area contributed by atoms with Crippen LogP contribution in [-0.4, -0.2) is 25.3 Å². The fourth-order valence-electron chi connectivity index (χ4n) is 5.30. The average Bonchev–Trinajstić information content (AvgIpc) is 3.08. The van der Waals surface area contributed by atoms with E-state index in [1.165, 1.54) is 70.9 Å². The highest BCUT2D eigenvalue weighted by molar-refractivity contribution is 4.95. The van der Waals surface area contributed by atoms with Gasteiger partial charge in [0.05, 0.1) is 5.60 Å². The minimum atomic E-state index is 0.307. The van der Waals surface area contributed by atoms with Gasteiger partial charge in [0.15, 0.2) is 0 Å². The van der Waals surface area contributed by atoms with E-state index in [2.05, 4.69) is 19.2 Å². The summed E-state index contributed by atoms with van der Waals surface area (Å²) in [5.74, 6) is 3.64. The molecule has 2 aliphatic carbocycles. The van der Waals surface area contributed by atoms with Crippen LogP contribution in [0.1, 0.15) is 71.6 Å². The van der Waals surface area contributed by atoms with Gasteiger partial charge in [0, 0.05) is 6.61 Å². The molecule has 3 rings (SSSR count). The average molecular weight is 293 g/mol. The molecule has 122 valence electrons. The van der Waals surface area contributed by atoms with Crippen LogP contribution >= 0.6 is 0 Å². The van der Waals surface area contributed by atoms with E-state index in [1.807, 2.05) is 0 Å². The molecule has 2 heteroatoms. The lowest BCUT2D eigenvalue weighted by atomic mass is 9.74. The third-order valence-electron chi connectivity index (χ3n) is 6.33. The van der Waals surface area contributed by atoms with Gasteiger partial charge in [-0.1, -0.05) is 33.1 Å². The molecule has 3 aliphatic rings. The highest BCUT2D eigenvalue weighted by Gasteiger charge is 2.44. The molecule has 0 aromatic carbocycles. The van der Waals surface area contributed by atoms with Crippen LogP contribution in [0.25, 0.3) is 0 Å². The van der Waals surface area contributed by atoms with E-state index < -0.39 is 0 Å². The molecule has 0 amide bonds. The number of hydrogen-bond donors (Lipinski definition) is 1. The van der Waals surface area contributed by atoms with Crippen LogP contribution in [0, 0.1) is 23.7 Å². The Bertz CT molecular complexity index is 322. The third-order valence-corrected chi connectivity index (χ3v) is 6.33. The largest absolute Gasteiger partial charge is 0.375 e. The number of hydrogen-bond acceptors (Lipinski definition) is 2. The Hall–Kier alpha value is -0.0800. The molecular formula is C19H35NO. The molecule has 1 spiro atoms. The van der Waals surface area contributed by atoms with Gasteiger partial charge in [-0.25, -0.2) is 0 Å². The monoisotopic (exact) mass is 293 g/mol. The Balaban J connectivity index is 1.54. The molecule has 1 saturated heterocycles. The topological polar surface area (TPSA) is 21.3 Å². The lowest BCUT2D eigenvalue weighted by Gasteiger charge is -2.42. The van der Waals surface area contributed by atoms with Gasteiger partial charge in [0.2, 0.25) is 0 Å². The first-order valence-electron chi connectivity index (χ1n) is 9.53. The molecule has 2 saturated carbocycles. The first-order chi connectivity index (χ1) is 10.2. The summed E-state index contributed by atoms with van der Waals surface area (Å²) < 4.78 is 6.25. The van der Waals surface area contributed by atoms with Gasteiger partial charge < -0.3 is 10.1 Å². The van der Waals surface area contributed by atoms with Gasteiger partial charge in [-0.05, 0) is 75.3 Å². The molecular weight excluding hydrogens is 258 g/mol. The Kier molecular flexibility index (Phi) is 5.27. The van der Waals surface area contributed by atoms with E-state index in [4.69, 9.17) is 4.74 Å². The highest BCUT2D eigenvalue weighted by atomic mass is 16.5. The summed E-state index contributed by atoms with van der Waals surface area (Å²) in [4.78, 5) is 0. The molecule has 0 aromatic heterocycles. The molecule has 21 heavy (non-hydrogen) atoms. The van der Waals surface area contributed by atoms with Gasteiger partial charge >= 0.3 is 0 Å². The molecule has 3 atom stereocenters. The van der Waals surface area contributed by atoms with Gasteiger partial charge in [0.1, 0.15) is 0 Å². The zero-order valence-corrected chi connectivity index (χ0v) is 14.2. The zero-order valence-electron chi connectivity index (χ0n) is 14.2. The van der Waals surface area contributed by atoms with Crippen molar-refractivity contribution in [1.29, 1.82) is 0 Å². The molecule has 2 nitrogen and oxygen atoms in total. The van der Waals surface area contributed by atoms with E-state index in [0.29, 0.717) is 5.60 Å². The van der Waals surface area contributed by atoms with Gasteiger partial charge in [-0.2, -0.15) is 0 Å². The lowest BCUT2D eigenvalue weighted by molar-refractivity contribution is -0.104. The van der Waals surface area contributed by atoms with E-state index in [1.54, 1.807) is 0 Å². The van der Waals surface area contributed by atoms with Crippen molar-refractivity contribution in [3.63, 3.8) is 0 Å². The maximum atomic E-state index is 6.25. The van der Waals surface area contributed by atoms with Crippen molar-refractivity contribution in [3.8, 4) is 0 Å². The third kappa shape index (κ3) is 3.82. The van der Waals surface area contributed by atoms with Crippen LogP contribution in [0.3, 0.4) is 0 Å². The molecule has 0 bridgehead atoms. The Morgan fingerprint density at radius 3 is 2.67 bits per heavy atom. The summed E-state index contributed by atoms with van der Waals surface area (Å²) in [5.41, 5.74) is 0.307. The van der Waals surface area contributed by atoms with Crippen molar-refractivity contribution in [2.75, 3.05) is 19.7 Å². The Morgan fingerprint density at radius 1 is 1.10 bits per heavy atom. The van der Waals surface area contributed by atoms with Gasteiger partial charge in [0.25, 0.3) is 0 Å². The fraction of sp³-hybridized carbons (Fsp3) is 1.00. The predicted molar refractivity (Wildman–Crippen MR) is 88.4 cm³/mol. The molecule has 1 heterocycles. The molecule has 1 aliphatic heterocycles. The van der Waals surface area contributed by atoms with Crippen LogP contribution < -0.4 is 5.32 Å². The van der Waals surface area contributed by atoms with Crippen LogP contribution in [0.15, 0.2) is 0 Å². The van der Waals surface area contributed by atoms with Crippen LogP contribution in [0.4, 0.5) is 0 Å². The molecule has 0 radical (unpaired) electrons. The van der Waals surface area contributed by atoms with E-state index >= 15 is 0 Å². The SMILES string of the molecule is CC(C)CNCC1CCCC1C1CCOC2(CCCC2)C1. The van der Waals surface area contributed by atoms with Crippen LogP contribution in [0.5, 0.6) is 0 Å². The minimum absolute atomic E-state index is 0.307. The molecule has 1 N–H and O–H groups in total. The summed E-state index contributed by atoms with van der Waals surface area (Å²) in [6.45, 7) is 8.09. The van der Waals surface area contributed by atoms with Crippen molar-refractivity contribution >= 4 is 0 Å². The second kappa shape index (κ2) is 7.00. The summed E-state index contributed by atoms with van der Waals surface area (Å²) in [6, 6.07) is 0. The maximum absolute atomic E-state index is 6.25. The highest BCUT2D eigenvalue weighted by Crippen LogP contribution is 2.48. The maximum Gasteiger partial charge on any atom is 0.0685 e. The Morgan fingerprint density at radius 2 is 1.90 bits per heavy atom. The van der Waals surface area contributed by atoms with Crippen LogP contribution in [0.2, 0.25) is 0 Å². The first kappa shape index (κ1) is 15.8. The van der Waals surface area contributed by atoms with Gasteiger partial charge in [-0.15, -0.1) is 0 Å². The second-order valence-corrected chi connectivity index (χ2v) is 8.40. The van der Waals surface area contributed by atoms with Crippen molar-refractivity contribution in [3.05, 3.63) is 0 Å². The quantitative estimate of drug-likeness (QED) is 0.812. The summed E-state index contributed by atoms with van der Waals surface area (Å²) >= 11 is 0. The number of rotatable bonds is 5. The van der Waals surface area contributed by atoms with Crippen molar-refractivity contribution in [1.82, 2.24) is 5.32 Å². The second-order valence-electron chi connectivity index (χ2n) is 8.40. The summed E-state index contributed by atoms with van der Waals surface area (Å²) in [6.07, 6.45) is 12.6. The standard InChI is InChI=1S/C19H35NO/c1-15(2)13-20-14-17-6-5-7-18(17)16-8-11-21-19(12-16)9-3-4-10-19/h15-18,20H,3-14H2,1-2H3. The zero-order chi connectivity index (χ0) is 14.7. The summed E-state index contributed by atoms with van der Waals surface area (Å²) in [5, 5.41) is 3.73. The molecule has 3 unspecified atom stereocenters. The van der Waals surface area contributed by atoms with E-state index in [9.17, 15) is 0 Å². The van der Waals surface area contributed by atoms with Crippen molar-refractivity contribution in [2.24, 2.45) is 23.7 Å². The van der Waals surface area contributed by atoms with E-state index in [-0.39, 0.29) is 0 Å². The van der Waals surface area contributed by atoms with E-state index in [0.717, 1.165) is 30.3 Å². The fourth-order valence-corrected chi connectivity index (χ4v) is 5.30. The van der Waals surface area contributed by atoms with Crippen molar-refractivity contribution < 1.29 is 4.74 Å². The number of ether oxygens (including phenoxy) is 1. The first-order valence-corrected chi connectivity index (χ1v) is 9.53. The Labute approximate surface area is 131 Å². The van der Waals surface area contributed by atoms with Crippen LogP contribution in [-0.2, 0) is 4.74 Å². The predicted octanol–water partition coefficient (Wildman–Crippen LogP) is 4.39. The smallest absolute Gasteiger partial charge is 0.0685 e. The number of nitrogens with one attached hydrogen (secondary N) is 1. The lowest BCUT2D eigenvalue weighted by Crippen LogP contribution is -2.41.